The van der Waals surface area contributed by atoms with E-state index in [0.717, 1.165) is 25.7 Å². The number of hydrogen-bond acceptors (Lipinski definition) is 5. The van der Waals surface area contributed by atoms with Crippen LogP contribution in [0.15, 0.2) is 0 Å². The summed E-state index contributed by atoms with van der Waals surface area (Å²) in [5, 5.41) is 16.0. The molecular formula is C19H32N2O5. The normalized spacial score (nSPS) is 24.7. The number of carbonyl (C=O) groups excluding carboxylic acids is 3. The maximum Gasteiger partial charge on any atom is 0.249 e. The van der Waals surface area contributed by atoms with E-state index in [2.05, 4.69) is 10.6 Å². The van der Waals surface area contributed by atoms with Crippen LogP contribution < -0.4 is 10.6 Å². The molecule has 2 fully saturated rings. The molecule has 0 aromatic rings. The van der Waals surface area contributed by atoms with E-state index in [1.54, 1.807) is 0 Å². The summed E-state index contributed by atoms with van der Waals surface area (Å²) >= 11 is 0. The molecule has 0 bridgehead atoms. The van der Waals surface area contributed by atoms with Gasteiger partial charge in [0.2, 0.25) is 11.8 Å². The van der Waals surface area contributed by atoms with Gasteiger partial charge in [0.25, 0.3) is 0 Å². The minimum Gasteiger partial charge on any atom is -0.383 e. The molecular weight excluding hydrogens is 336 g/mol. The van der Waals surface area contributed by atoms with Gasteiger partial charge in [0.15, 0.2) is 5.78 Å². The van der Waals surface area contributed by atoms with Crippen LogP contribution in [0.5, 0.6) is 0 Å². The zero-order valence-corrected chi connectivity index (χ0v) is 16.0. The number of ether oxygens (including phenoxy) is 1. The van der Waals surface area contributed by atoms with Crippen LogP contribution in [0.4, 0.5) is 0 Å². The molecule has 3 atom stereocenters. The molecule has 0 aromatic carbocycles. The molecule has 0 spiro atoms. The van der Waals surface area contributed by atoms with Crippen molar-refractivity contribution in [3.05, 3.63) is 0 Å². The van der Waals surface area contributed by atoms with Crippen LogP contribution in [0.2, 0.25) is 0 Å². The molecule has 7 nitrogen and oxygen atoms in total. The molecule has 2 rings (SSSR count). The van der Waals surface area contributed by atoms with Crippen LogP contribution in [0.3, 0.4) is 0 Å². The van der Waals surface area contributed by atoms with Crippen molar-refractivity contribution in [2.45, 2.75) is 89.5 Å². The fourth-order valence-corrected chi connectivity index (χ4v) is 3.82. The number of rotatable bonds is 7. The predicted molar refractivity (Wildman–Crippen MR) is 96.4 cm³/mol. The van der Waals surface area contributed by atoms with Gasteiger partial charge in [-0.25, -0.2) is 0 Å². The van der Waals surface area contributed by atoms with Gasteiger partial charge in [-0.1, -0.05) is 33.1 Å². The first-order valence-electron chi connectivity index (χ1n) is 9.70. The van der Waals surface area contributed by atoms with Crippen molar-refractivity contribution in [3.63, 3.8) is 0 Å². The molecule has 1 saturated carbocycles. The summed E-state index contributed by atoms with van der Waals surface area (Å²) in [5.74, 6) is -1.06. The maximum absolute atomic E-state index is 13.1. The lowest BCUT2D eigenvalue weighted by Gasteiger charge is -2.39. The molecule has 148 valence electrons. The Labute approximate surface area is 155 Å². The van der Waals surface area contributed by atoms with Crippen LogP contribution in [0, 0.1) is 5.92 Å². The Bertz CT molecular complexity index is 522. The van der Waals surface area contributed by atoms with Crippen LogP contribution >= 0.6 is 0 Å². The molecule has 7 heteroatoms. The Hall–Kier alpha value is -1.47. The van der Waals surface area contributed by atoms with Gasteiger partial charge in [-0.15, -0.1) is 0 Å². The second-order valence-corrected chi connectivity index (χ2v) is 7.93. The first-order chi connectivity index (χ1) is 12.3. The van der Waals surface area contributed by atoms with Crippen molar-refractivity contribution in [2.24, 2.45) is 5.92 Å². The third-order valence-electron chi connectivity index (χ3n) is 5.50. The molecule has 2 amide bonds. The number of amides is 2. The Kier molecular flexibility index (Phi) is 7.17. The van der Waals surface area contributed by atoms with E-state index in [-0.39, 0.29) is 23.5 Å². The summed E-state index contributed by atoms with van der Waals surface area (Å²) in [6.07, 6.45) is 3.59. The van der Waals surface area contributed by atoms with Gasteiger partial charge < -0.3 is 20.5 Å². The van der Waals surface area contributed by atoms with E-state index in [0.29, 0.717) is 25.9 Å². The first-order valence-corrected chi connectivity index (χ1v) is 9.70. The lowest BCUT2D eigenvalue weighted by Crippen LogP contribution is -2.64. The summed E-state index contributed by atoms with van der Waals surface area (Å²) in [4.78, 5) is 37.3. The minimum absolute atomic E-state index is 0.118. The number of hydrogen-bond donors (Lipinski definition) is 3. The van der Waals surface area contributed by atoms with Gasteiger partial charge >= 0.3 is 0 Å². The van der Waals surface area contributed by atoms with Crippen LogP contribution in [0.25, 0.3) is 0 Å². The third-order valence-corrected chi connectivity index (χ3v) is 5.50. The first kappa shape index (κ1) is 20.8. The zero-order valence-electron chi connectivity index (χ0n) is 16.0. The lowest BCUT2D eigenvalue weighted by atomic mass is 9.80. The van der Waals surface area contributed by atoms with Crippen LogP contribution in [-0.4, -0.2) is 53.1 Å². The molecule has 0 aromatic heterocycles. The number of ketones is 1. The summed E-state index contributed by atoms with van der Waals surface area (Å²) in [6, 6.07) is -0.682. The Morgan fingerprint density at radius 2 is 1.77 bits per heavy atom. The number of carbonyl (C=O) groups is 3. The quantitative estimate of drug-likeness (QED) is 0.624. The summed E-state index contributed by atoms with van der Waals surface area (Å²) in [6.45, 7) is 5.56. The standard InChI is InChI=1S/C19H32N2O5/c1-12(2)15(16(23)13(3)22)20-18(25)19(9-5-4-6-10-19)21-17(24)14-8-7-11-26-14/h12,14-16,23H,4-11H2,1-3H3,(H,20,25)(H,21,24)/t14-,15-,16+/m0/s1. The smallest absolute Gasteiger partial charge is 0.249 e. The van der Waals surface area contributed by atoms with E-state index >= 15 is 0 Å². The third kappa shape index (κ3) is 4.82. The molecule has 1 aliphatic heterocycles. The fourth-order valence-electron chi connectivity index (χ4n) is 3.82. The number of Topliss-reactive ketones (excluding diaryl/α,β-unsaturated/α-hetero) is 1. The highest BCUT2D eigenvalue weighted by Gasteiger charge is 2.44. The molecule has 0 radical (unpaired) electrons. The van der Waals surface area contributed by atoms with Gasteiger partial charge in [0.05, 0.1) is 6.04 Å². The SMILES string of the molecule is CC(=O)[C@@H](O)[C@@H](NC(=O)C1(NC(=O)[C@@H]2CCCO2)CCCCC1)C(C)C. The summed E-state index contributed by atoms with van der Waals surface area (Å²) in [7, 11) is 0. The fraction of sp³-hybridized carbons (Fsp3) is 0.842. The Morgan fingerprint density at radius 1 is 1.12 bits per heavy atom. The summed E-state index contributed by atoms with van der Waals surface area (Å²) in [5.41, 5.74) is -0.995. The van der Waals surface area contributed by atoms with Crippen LogP contribution in [-0.2, 0) is 19.1 Å². The zero-order chi connectivity index (χ0) is 19.3. The predicted octanol–water partition coefficient (Wildman–Crippen LogP) is 1.08. The Balaban J connectivity index is 2.14. The Morgan fingerprint density at radius 3 is 2.27 bits per heavy atom. The van der Waals surface area contributed by atoms with E-state index < -0.39 is 23.8 Å². The monoisotopic (exact) mass is 368 g/mol. The molecule has 2 aliphatic rings. The highest BCUT2D eigenvalue weighted by molar-refractivity contribution is 5.93. The van der Waals surface area contributed by atoms with Crippen molar-refractivity contribution in [2.75, 3.05) is 6.61 Å². The van der Waals surface area contributed by atoms with E-state index in [1.807, 2.05) is 13.8 Å². The number of aliphatic hydroxyl groups is 1. The molecule has 1 saturated heterocycles. The van der Waals surface area contributed by atoms with E-state index in [4.69, 9.17) is 4.74 Å². The lowest BCUT2D eigenvalue weighted by molar-refractivity contribution is -0.141. The van der Waals surface area contributed by atoms with Gasteiger partial charge in [0, 0.05) is 6.61 Å². The van der Waals surface area contributed by atoms with Crippen molar-refractivity contribution in [1.82, 2.24) is 10.6 Å². The highest BCUT2D eigenvalue weighted by atomic mass is 16.5. The van der Waals surface area contributed by atoms with Gasteiger partial charge in [-0.05, 0) is 38.5 Å². The van der Waals surface area contributed by atoms with Crippen molar-refractivity contribution in [3.8, 4) is 0 Å². The van der Waals surface area contributed by atoms with Crippen molar-refractivity contribution < 1.29 is 24.2 Å². The maximum atomic E-state index is 13.1. The largest absolute Gasteiger partial charge is 0.383 e. The number of nitrogens with one attached hydrogen (secondary N) is 2. The topological polar surface area (TPSA) is 105 Å². The molecule has 0 unspecified atom stereocenters. The van der Waals surface area contributed by atoms with E-state index in [9.17, 15) is 19.5 Å². The summed E-state index contributed by atoms with van der Waals surface area (Å²) < 4.78 is 5.44. The molecule has 1 heterocycles. The van der Waals surface area contributed by atoms with Crippen LogP contribution in [0.1, 0.15) is 65.7 Å². The number of aliphatic hydroxyl groups excluding tert-OH is 1. The average molecular weight is 368 g/mol. The van der Waals surface area contributed by atoms with Crippen molar-refractivity contribution >= 4 is 17.6 Å². The second kappa shape index (κ2) is 8.95. The van der Waals surface area contributed by atoms with E-state index in [1.165, 1.54) is 6.92 Å². The molecule has 1 aliphatic carbocycles. The van der Waals surface area contributed by atoms with Gasteiger partial charge in [-0.3, -0.25) is 14.4 Å². The molecule has 3 N–H and O–H groups in total. The minimum atomic E-state index is -1.26. The highest BCUT2D eigenvalue weighted by Crippen LogP contribution is 2.30. The average Bonchev–Trinajstić information content (AvgIpc) is 3.14. The van der Waals surface area contributed by atoms with Gasteiger partial charge in [0.1, 0.15) is 17.7 Å². The second-order valence-electron chi connectivity index (χ2n) is 7.93. The van der Waals surface area contributed by atoms with Gasteiger partial charge in [-0.2, -0.15) is 0 Å². The van der Waals surface area contributed by atoms with Crippen molar-refractivity contribution in [1.29, 1.82) is 0 Å². The molecule has 26 heavy (non-hydrogen) atoms.